The van der Waals surface area contributed by atoms with Crippen LogP contribution in [0.1, 0.15) is 44.4 Å². The van der Waals surface area contributed by atoms with E-state index in [-0.39, 0.29) is 5.41 Å². The maximum Gasteiger partial charge on any atom is 0.133 e. The Hall–Kier alpha value is -0.670. The van der Waals surface area contributed by atoms with Crippen LogP contribution in [0, 0.1) is 5.41 Å². The van der Waals surface area contributed by atoms with Gasteiger partial charge in [-0.2, -0.15) is 0 Å². The summed E-state index contributed by atoms with van der Waals surface area (Å²) in [5, 5.41) is 2.06. The summed E-state index contributed by atoms with van der Waals surface area (Å²) in [6.45, 7) is 5.08. The molecule has 0 radical (unpaired) electrons. The SMILES string of the molecule is CC(C)(CCN)CCC(=O)CCc1cccs1. The number of rotatable bonds is 8. The first-order valence-electron chi connectivity index (χ1n) is 6.28. The molecule has 0 amide bonds. The molecule has 0 aromatic carbocycles. The van der Waals surface area contributed by atoms with Crippen LogP contribution in [0.15, 0.2) is 17.5 Å². The van der Waals surface area contributed by atoms with Gasteiger partial charge in [0.2, 0.25) is 0 Å². The molecule has 0 bridgehead atoms. The summed E-state index contributed by atoms with van der Waals surface area (Å²) in [5.74, 6) is 0.378. The maximum atomic E-state index is 11.8. The molecule has 0 aliphatic rings. The van der Waals surface area contributed by atoms with Crippen LogP contribution < -0.4 is 5.73 Å². The van der Waals surface area contributed by atoms with Gasteiger partial charge in [-0.3, -0.25) is 4.79 Å². The lowest BCUT2D eigenvalue weighted by Crippen LogP contribution is -2.18. The second-order valence-electron chi connectivity index (χ2n) is 5.32. The number of thiophene rings is 1. The molecule has 0 saturated carbocycles. The highest BCUT2D eigenvalue weighted by atomic mass is 32.1. The average Bonchev–Trinajstić information content (AvgIpc) is 2.76. The topological polar surface area (TPSA) is 43.1 Å². The molecule has 0 aliphatic carbocycles. The van der Waals surface area contributed by atoms with Gasteiger partial charge in [-0.25, -0.2) is 0 Å². The van der Waals surface area contributed by atoms with Gasteiger partial charge in [-0.05, 0) is 42.7 Å². The highest BCUT2D eigenvalue weighted by molar-refractivity contribution is 7.09. The molecule has 0 fully saturated rings. The van der Waals surface area contributed by atoms with Crippen LogP contribution in [-0.2, 0) is 11.2 Å². The van der Waals surface area contributed by atoms with E-state index in [4.69, 9.17) is 5.73 Å². The maximum absolute atomic E-state index is 11.8. The van der Waals surface area contributed by atoms with Crippen LogP contribution in [-0.4, -0.2) is 12.3 Å². The van der Waals surface area contributed by atoms with Crippen LogP contribution in [0.5, 0.6) is 0 Å². The van der Waals surface area contributed by atoms with Crippen molar-refractivity contribution in [2.24, 2.45) is 11.1 Å². The second kappa shape index (κ2) is 6.92. The van der Waals surface area contributed by atoms with Gasteiger partial charge in [0.05, 0.1) is 0 Å². The number of carbonyl (C=O) groups excluding carboxylic acids is 1. The predicted molar refractivity (Wildman–Crippen MR) is 74.3 cm³/mol. The second-order valence-corrected chi connectivity index (χ2v) is 6.35. The van der Waals surface area contributed by atoms with Crippen molar-refractivity contribution in [2.75, 3.05) is 6.54 Å². The number of hydrogen-bond acceptors (Lipinski definition) is 3. The number of ketones is 1. The van der Waals surface area contributed by atoms with Gasteiger partial charge in [-0.1, -0.05) is 19.9 Å². The third-order valence-electron chi connectivity index (χ3n) is 3.13. The minimum absolute atomic E-state index is 0.202. The van der Waals surface area contributed by atoms with Crippen molar-refractivity contribution in [3.05, 3.63) is 22.4 Å². The summed E-state index contributed by atoms with van der Waals surface area (Å²) in [5.41, 5.74) is 5.76. The van der Waals surface area contributed by atoms with Gasteiger partial charge in [0.25, 0.3) is 0 Å². The van der Waals surface area contributed by atoms with Crippen molar-refractivity contribution < 1.29 is 4.79 Å². The Labute approximate surface area is 108 Å². The van der Waals surface area contributed by atoms with Crippen LogP contribution in [0.3, 0.4) is 0 Å². The summed E-state index contributed by atoms with van der Waals surface area (Å²) in [4.78, 5) is 13.1. The molecule has 1 aromatic rings. The molecule has 2 N–H and O–H groups in total. The number of hydrogen-bond donors (Lipinski definition) is 1. The standard InChI is InChI=1S/C14H23NOS/c1-14(2,9-10-15)8-7-12(16)5-6-13-4-3-11-17-13/h3-4,11H,5-10,15H2,1-2H3. The van der Waals surface area contributed by atoms with E-state index >= 15 is 0 Å². The van der Waals surface area contributed by atoms with Crippen LogP contribution in [0.2, 0.25) is 0 Å². The van der Waals surface area contributed by atoms with E-state index in [0.29, 0.717) is 25.2 Å². The van der Waals surface area contributed by atoms with Crippen molar-refractivity contribution in [3.8, 4) is 0 Å². The zero-order valence-electron chi connectivity index (χ0n) is 10.9. The summed E-state index contributed by atoms with van der Waals surface area (Å²) in [7, 11) is 0. The largest absolute Gasteiger partial charge is 0.330 e. The Morgan fingerprint density at radius 3 is 2.71 bits per heavy atom. The molecule has 0 atom stereocenters. The Balaban J connectivity index is 2.21. The van der Waals surface area contributed by atoms with Gasteiger partial charge < -0.3 is 5.73 Å². The van der Waals surface area contributed by atoms with Gasteiger partial charge in [-0.15, -0.1) is 11.3 Å². The van der Waals surface area contributed by atoms with Gasteiger partial charge in [0.15, 0.2) is 0 Å². The normalized spacial score (nSPS) is 11.7. The number of aryl methyl sites for hydroxylation is 1. The number of nitrogens with two attached hydrogens (primary N) is 1. The average molecular weight is 253 g/mol. The number of carbonyl (C=O) groups is 1. The Morgan fingerprint density at radius 1 is 1.35 bits per heavy atom. The molecule has 0 aliphatic heterocycles. The van der Waals surface area contributed by atoms with Crippen molar-refractivity contribution in [1.29, 1.82) is 0 Å². The van der Waals surface area contributed by atoms with Gasteiger partial charge in [0.1, 0.15) is 5.78 Å². The van der Waals surface area contributed by atoms with Crippen molar-refractivity contribution >= 4 is 17.1 Å². The summed E-state index contributed by atoms with van der Waals surface area (Å²) in [6, 6.07) is 4.13. The molecule has 0 unspecified atom stereocenters. The van der Waals surface area contributed by atoms with E-state index in [0.717, 1.165) is 19.3 Å². The van der Waals surface area contributed by atoms with E-state index in [1.54, 1.807) is 11.3 Å². The van der Waals surface area contributed by atoms with Gasteiger partial charge in [0, 0.05) is 17.7 Å². The molecule has 0 spiro atoms. The van der Waals surface area contributed by atoms with E-state index in [9.17, 15) is 4.79 Å². The first-order valence-corrected chi connectivity index (χ1v) is 7.15. The van der Waals surface area contributed by atoms with Crippen LogP contribution in [0.25, 0.3) is 0 Å². The molecular weight excluding hydrogens is 230 g/mol. The first-order chi connectivity index (χ1) is 8.03. The molecule has 0 saturated heterocycles. The molecular formula is C14H23NOS. The summed E-state index contributed by atoms with van der Waals surface area (Å²) >= 11 is 1.73. The fraction of sp³-hybridized carbons (Fsp3) is 0.643. The Kier molecular flexibility index (Phi) is 5.86. The lowest BCUT2D eigenvalue weighted by Gasteiger charge is -2.23. The van der Waals surface area contributed by atoms with E-state index < -0.39 is 0 Å². The predicted octanol–water partition coefficient (Wildman–Crippen LogP) is 3.41. The summed E-state index contributed by atoms with van der Waals surface area (Å²) in [6.07, 6.45) is 4.21. The molecule has 1 aromatic heterocycles. The quantitative estimate of drug-likeness (QED) is 0.771. The van der Waals surface area contributed by atoms with E-state index in [1.165, 1.54) is 4.88 Å². The third-order valence-corrected chi connectivity index (χ3v) is 4.07. The highest BCUT2D eigenvalue weighted by Crippen LogP contribution is 2.26. The molecule has 3 heteroatoms. The zero-order chi connectivity index (χ0) is 12.7. The van der Waals surface area contributed by atoms with Crippen LogP contribution >= 0.6 is 11.3 Å². The molecule has 1 heterocycles. The molecule has 17 heavy (non-hydrogen) atoms. The zero-order valence-corrected chi connectivity index (χ0v) is 11.7. The highest BCUT2D eigenvalue weighted by Gasteiger charge is 2.18. The van der Waals surface area contributed by atoms with E-state index in [1.807, 2.05) is 6.07 Å². The number of Topliss-reactive ketones (excluding diaryl/α,β-unsaturated/α-hetero) is 1. The monoisotopic (exact) mass is 253 g/mol. The third kappa shape index (κ3) is 5.99. The summed E-state index contributed by atoms with van der Waals surface area (Å²) < 4.78 is 0. The fourth-order valence-electron chi connectivity index (χ4n) is 1.84. The van der Waals surface area contributed by atoms with Crippen molar-refractivity contribution in [2.45, 2.75) is 46.0 Å². The van der Waals surface area contributed by atoms with Crippen LogP contribution in [0.4, 0.5) is 0 Å². The van der Waals surface area contributed by atoms with E-state index in [2.05, 4.69) is 25.3 Å². The Morgan fingerprint density at radius 2 is 2.12 bits per heavy atom. The van der Waals surface area contributed by atoms with Crippen molar-refractivity contribution in [1.82, 2.24) is 0 Å². The lowest BCUT2D eigenvalue weighted by molar-refractivity contribution is -0.119. The van der Waals surface area contributed by atoms with Crippen molar-refractivity contribution in [3.63, 3.8) is 0 Å². The minimum atomic E-state index is 0.202. The molecule has 2 nitrogen and oxygen atoms in total. The smallest absolute Gasteiger partial charge is 0.133 e. The lowest BCUT2D eigenvalue weighted by atomic mass is 9.83. The molecule has 96 valence electrons. The Bertz CT molecular complexity index is 330. The fourth-order valence-corrected chi connectivity index (χ4v) is 2.54. The minimum Gasteiger partial charge on any atom is -0.330 e. The molecule has 1 rings (SSSR count). The first kappa shape index (κ1) is 14.4. The van der Waals surface area contributed by atoms with Gasteiger partial charge >= 0.3 is 0 Å².